The Morgan fingerprint density at radius 3 is 2.78 bits per heavy atom. The van der Waals surface area contributed by atoms with Gasteiger partial charge in [-0.15, -0.1) is 0 Å². The average molecular weight is 321 g/mol. The molecule has 0 unspecified atom stereocenters. The van der Waals surface area contributed by atoms with Crippen molar-refractivity contribution >= 4 is 17.5 Å². The number of rotatable bonds is 7. The van der Waals surface area contributed by atoms with Crippen LogP contribution in [-0.2, 0) is 18.0 Å². The fourth-order valence-corrected chi connectivity index (χ4v) is 1.79. The van der Waals surface area contributed by atoms with E-state index in [-0.39, 0.29) is 31.4 Å². The van der Waals surface area contributed by atoms with Gasteiger partial charge in [-0.3, -0.25) is 14.9 Å². The van der Waals surface area contributed by atoms with E-state index in [1.165, 1.54) is 12.1 Å². The summed E-state index contributed by atoms with van der Waals surface area (Å²) in [5.41, 5.74) is 6.18. The molecule has 0 aliphatic carbocycles. The van der Waals surface area contributed by atoms with Gasteiger partial charge in [-0.25, -0.2) is 0 Å². The van der Waals surface area contributed by atoms with Crippen LogP contribution in [-0.4, -0.2) is 22.5 Å². The molecule has 9 heteroatoms. The summed E-state index contributed by atoms with van der Waals surface area (Å²) in [6.07, 6.45) is 0. The number of hydrogen-bond donors (Lipinski definition) is 3. The molecule has 0 spiro atoms. The van der Waals surface area contributed by atoms with Gasteiger partial charge in [0, 0.05) is 0 Å². The maximum absolute atomic E-state index is 11.4. The average Bonchev–Trinajstić information content (AvgIpc) is 3.02. The van der Waals surface area contributed by atoms with Crippen molar-refractivity contribution in [2.24, 2.45) is 5.73 Å². The van der Waals surface area contributed by atoms with Gasteiger partial charge in [0.2, 0.25) is 5.91 Å². The van der Waals surface area contributed by atoms with Crippen molar-refractivity contribution in [3.63, 3.8) is 0 Å². The molecular formula is C14H15N3O6. The van der Waals surface area contributed by atoms with Gasteiger partial charge in [-0.1, -0.05) is 6.07 Å². The van der Waals surface area contributed by atoms with Gasteiger partial charge in [0.05, 0.1) is 24.9 Å². The van der Waals surface area contributed by atoms with E-state index in [9.17, 15) is 14.9 Å². The van der Waals surface area contributed by atoms with E-state index in [2.05, 4.69) is 5.32 Å². The Balaban J connectivity index is 2.13. The van der Waals surface area contributed by atoms with E-state index in [0.717, 1.165) is 0 Å². The summed E-state index contributed by atoms with van der Waals surface area (Å²) in [5.74, 6) is -0.212. The summed E-state index contributed by atoms with van der Waals surface area (Å²) < 4.78 is 10.5. The van der Waals surface area contributed by atoms with E-state index in [4.69, 9.17) is 20.0 Å². The molecule has 1 amide bonds. The second-order valence-corrected chi connectivity index (χ2v) is 4.53. The number of nitrogens with zero attached hydrogens (tertiary/aromatic N) is 1. The molecular weight excluding hydrogens is 306 g/mol. The quantitative estimate of drug-likeness (QED) is 0.513. The van der Waals surface area contributed by atoms with Crippen LogP contribution >= 0.6 is 0 Å². The predicted octanol–water partition coefficient (Wildman–Crippen LogP) is 1.16. The Hall–Kier alpha value is -2.91. The summed E-state index contributed by atoms with van der Waals surface area (Å²) >= 11 is 0. The topological polar surface area (TPSA) is 141 Å². The van der Waals surface area contributed by atoms with Crippen LogP contribution in [0.5, 0.6) is 5.75 Å². The molecule has 0 aliphatic rings. The van der Waals surface area contributed by atoms with Gasteiger partial charge in [0.15, 0.2) is 0 Å². The first kappa shape index (κ1) is 16.5. The minimum atomic E-state index is -0.646. The first-order valence-corrected chi connectivity index (χ1v) is 6.63. The molecule has 0 radical (unpaired) electrons. The largest absolute Gasteiger partial charge is 0.483 e. The number of benzene rings is 1. The highest BCUT2D eigenvalue weighted by Crippen LogP contribution is 2.27. The van der Waals surface area contributed by atoms with E-state index >= 15 is 0 Å². The number of aliphatic hydroxyl groups is 1. The number of ether oxygens (including phenoxy) is 1. The first-order valence-electron chi connectivity index (χ1n) is 6.63. The number of nitrogens with one attached hydrogen (secondary N) is 1. The zero-order valence-corrected chi connectivity index (χ0v) is 12.0. The number of anilines is 1. The van der Waals surface area contributed by atoms with Crippen LogP contribution in [0.3, 0.4) is 0 Å². The summed E-state index contributed by atoms with van der Waals surface area (Å²) in [7, 11) is 0. The molecule has 0 aliphatic heterocycles. The maximum atomic E-state index is 11.4. The molecule has 0 saturated heterocycles. The third kappa shape index (κ3) is 4.28. The van der Waals surface area contributed by atoms with Crippen LogP contribution in [0.15, 0.2) is 34.7 Å². The van der Waals surface area contributed by atoms with E-state index in [1.54, 1.807) is 18.2 Å². The van der Waals surface area contributed by atoms with Gasteiger partial charge in [-0.05, 0) is 23.8 Å². The molecule has 2 rings (SSSR count). The van der Waals surface area contributed by atoms with Crippen LogP contribution in [0.2, 0.25) is 0 Å². The lowest BCUT2D eigenvalue weighted by molar-refractivity contribution is -0.402. The number of nitrogens with two attached hydrogens (primary N) is 1. The zero-order valence-electron chi connectivity index (χ0n) is 12.0. The molecule has 0 fully saturated rings. The zero-order chi connectivity index (χ0) is 16.8. The summed E-state index contributed by atoms with van der Waals surface area (Å²) in [5, 5.41) is 22.3. The van der Waals surface area contributed by atoms with Crippen molar-refractivity contribution in [2.75, 3.05) is 11.9 Å². The highest BCUT2D eigenvalue weighted by molar-refractivity contribution is 5.93. The highest BCUT2D eigenvalue weighted by Gasteiger charge is 2.13. The number of nitro groups is 1. The molecule has 122 valence electrons. The Kier molecular flexibility index (Phi) is 5.28. The smallest absolute Gasteiger partial charge is 0.433 e. The van der Waals surface area contributed by atoms with Crippen molar-refractivity contribution in [1.29, 1.82) is 0 Å². The number of carbonyl (C=O) groups excluding carboxylic acids is 1. The van der Waals surface area contributed by atoms with Crippen molar-refractivity contribution in [3.05, 3.63) is 51.8 Å². The Morgan fingerprint density at radius 1 is 1.39 bits per heavy atom. The third-order valence-corrected chi connectivity index (χ3v) is 2.88. The number of hydrogen-bond acceptors (Lipinski definition) is 7. The maximum Gasteiger partial charge on any atom is 0.433 e. The summed E-state index contributed by atoms with van der Waals surface area (Å²) in [4.78, 5) is 21.3. The van der Waals surface area contributed by atoms with Crippen LogP contribution < -0.4 is 15.8 Å². The predicted molar refractivity (Wildman–Crippen MR) is 79.7 cm³/mol. The molecule has 9 nitrogen and oxygen atoms in total. The molecule has 0 atom stereocenters. The lowest BCUT2D eigenvalue weighted by atomic mass is 10.2. The lowest BCUT2D eigenvalue weighted by Gasteiger charge is -2.12. The van der Waals surface area contributed by atoms with Crippen molar-refractivity contribution in [1.82, 2.24) is 0 Å². The molecule has 0 saturated carbocycles. The Morgan fingerprint density at radius 2 is 2.17 bits per heavy atom. The standard InChI is InChI=1S/C14H15N3O6/c15-6-13(19)16-11-5-9(7-18)1-3-12(11)22-8-10-2-4-14(23-10)17(20)21/h1-5,18H,6-8,15H2,(H,16,19). The van der Waals surface area contributed by atoms with Crippen LogP contribution in [0.1, 0.15) is 11.3 Å². The normalized spacial score (nSPS) is 10.3. The molecule has 23 heavy (non-hydrogen) atoms. The molecule has 2 aromatic rings. The van der Waals surface area contributed by atoms with Gasteiger partial charge in [-0.2, -0.15) is 0 Å². The SMILES string of the molecule is NCC(=O)Nc1cc(CO)ccc1OCc1ccc([N+](=O)[O-])o1. The van der Waals surface area contributed by atoms with Crippen LogP contribution in [0.4, 0.5) is 11.6 Å². The van der Waals surface area contributed by atoms with Crippen molar-refractivity contribution in [2.45, 2.75) is 13.2 Å². The third-order valence-electron chi connectivity index (χ3n) is 2.88. The van der Waals surface area contributed by atoms with Gasteiger partial charge in [0.1, 0.15) is 23.0 Å². The minimum Gasteiger partial charge on any atom is -0.483 e. The molecule has 1 heterocycles. The van der Waals surface area contributed by atoms with E-state index < -0.39 is 10.8 Å². The molecule has 1 aromatic heterocycles. The molecule has 4 N–H and O–H groups in total. The van der Waals surface area contributed by atoms with Crippen molar-refractivity contribution in [3.8, 4) is 5.75 Å². The summed E-state index contributed by atoms with van der Waals surface area (Å²) in [6, 6.07) is 7.39. The first-order chi connectivity index (χ1) is 11.0. The number of aliphatic hydroxyl groups excluding tert-OH is 1. The molecule has 0 bridgehead atoms. The van der Waals surface area contributed by atoms with Gasteiger partial charge in [0.25, 0.3) is 0 Å². The van der Waals surface area contributed by atoms with Crippen molar-refractivity contribution < 1.29 is 24.0 Å². The lowest BCUT2D eigenvalue weighted by Crippen LogP contribution is -2.22. The molecule has 1 aromatic carbocycles. The fraction of sp³-hybridized carbons (Fsp3) is 0.214. The second-order valence-electron chi connectivity index (χ2n) is 4.53. The number of carbonyl (C=O) groups is 1. The Labute approximate surface area is 130 Å². The fourth-order valence-electron chi connectivity index (χ4n) is 1.79. The van der Waals surface area contributed by atoms with E-state index in [0.29, 0.717) is 17.0 Å². The van der Waals surface area contributed by atoms with Gasteiger partial charge >= 0.3 is 5.88 Å². The van der Waals surface area contributed by atoms with Crippen LogP contribution in [0.25, 0.3) is 0 Å². The van der Waals surface area contributed by atoms with Crippen LogP contribution in [0, 0.1) is 10.1 Å². The Bertz CT molecular complexity index is 712. The van der Waals surface area contributed by atoms with E-state index in [1.807, 2.05) is 0 Å². The minimum absolute atomic E-state index is 0.0577. The monoisotopic (exact) mass is 321 g/mol. The summed E-state index contributed by atoms with van der Waals surface area (Å²) in [6.45, 7) is -0.457. The number of amides is 1. The number of furan rings is 1. The highest BCUT2D eigenvalue weighted by atomic mass is 16.6. The second kappa shape index (κ2) is 7.38. The van der Waals surface area contributed by atoms with Gasteiger partial charge < -0.3 is 25.3 Å².